The summed E-state index contributed by atoms with van der Waals surface area (Å²) in [5, 5.41) is 25.1. The van der Waals surface area contributed by atoms with Crippen molar-refractivity contribution in [1.82, 2.24) is 5.32 Å². The topological polar surface area (TPSA) is 122 Å². The van der Waals surface area contributed by atoms with Crippen LogP contribution in [0.3, 0.4) is 0 Å². The van der Waals surface area contributed by atoms with Gasteiger partial charge in [0.25, 0.3) is 5.69 Å². The third kappa shape index (κ3) is 5.31. The number of rotatable bonds is 6. The zero-order chi connectivity index (χ0) is 18.4. The van der Waals surface area contributed by atoms with Crippen molar-refractivity contribution in [3.05, 3.63) is 64.2 Å². The van der Waals surface area contributed by atoms with Gasteiger partial charge >= 0.3 is 0 Å². The summed E-state index contributed by atoms with van der Waals surface area (Å²) in [6.45, 7) is 1.31. The number of hydrogen-bond acceptors (Lipinski definition) is 5. The Morgan fingerprint density at radius 2 is 1.72 bits per heavy atom. The molecular weight excluding hydrogens is 326 g/mol. The van der Waals surface area contributed by atoms with E-state index in [1.165, 1.54) is 43.3 Å². The Morgan fingerprint density at radius 1 is 1.12 bits per heavy atom. The van der Waals surface area contributed by atoms with E-state index in [1.807, 2.05) is 0 Å². The molecule has 0 fully saturated rings. The van der Waals surface area contributed by atoms with E-state index in [0.29, 0.717) is 5.69 Å². The van der Waals surface area contributed by atoms with Gasteiger partial charge in [0.15, 0.2) is 0 Å². The summed E-state index contributed by atoms with van der Waals surface area (Å²) >= 11 is 0. The Morgan fingerprint density at radius 3 is 2.24 bits per heavy atom. The normalized spacial score (nSPS) is 11.4. The van der Waals surface area contributed by atoms with Crippen LogP contribution in [0.1, 0.15) is 12.5 Å². The molecule has 2 aromatic carbocycles. The summed E-state index contributed by atoms with van der Waals surface area (Å²) in [6.07, 6.45) is 0.235. The maximum absolute atomic E-state index is 12.4. The number of aromatic hydroxyl groups is 1. The fraction of sp³-hybridized carbons (Fsp3) is 0.176. The Balaban J connectivity index is 2.10. The summed E-state index contributed by atoms with van der Waals surface area (Å²) < 4.78 is 0. The van der Waals surface area contributed by atoms with Gasteiger partial charge in [-0.2, -0.15) is 0 Å². The van der Waals surface area contributed by atoms with Crippen molar-refractivity contribution < 1.29 is 19.6 Å². The Kier molecular flexibility index (Phi) is 5.67. The Bertz CT molecular complexity index is 772. The molecule has 0 saturated heterocycles. The summed E-state index contributed by atoms with van der Waals surface area (Å²) in [6, 6.07) is 10.9. The molecule has 8 nitrogen and oxygen atoms in total. The quantitative estimate of drug-likeness (QED) is 0.547. The van der Waals surface area contributed by atoms with Crippen molar-refractivity contribution in [1.29, 1.82) is 0 Å². The highest BCUT2D eigenvalue weighted by atomic mass is 16.6. The molecule has 0 aliphatic carbocycles. The van der Waals surface area contributed by atoms with Gasteiger partial charge in [0.05, 0.1) is 4.92 Å². The maximum atomic E-state index is 12.4. The van der Waals surface area contributed by atoms with Crippen LogP contribution >= 0.6 is 0 Å². The minimum atomic E-state index is -0.822. The van der Waals surface area contributed by atoms with Gasteiger partial charge in [-0.15, -0.1) is 0 Å². The molecule has 0 spiro atoms. The molecule has 25 heavy (non-hydrogen) atoms. The SMILES string of the molecule is CC(=O)N[C@H](Cc1ccc(O)cc1)C(=O)Nc1ccc([N+](=O)[O-])cc1. The van der Waals surface area contributed by atoms with Gasteiger partial charge in [-0.3, -0.25) is 19.7 Å². The van der Waals surface area contributed by atoms with E-state index < -0.39 is 16.9 Å². The number of phenols is 1. The van der Waals surface area contributed by atoms with Gasteiger partial charge in [0.1, 0.15) is 11.8 Å². The average Bonchev–Trinajstić information content (AvgIpc) is 2.56. The number of nitro benzene ring substituents is 1. The second kappa shape index (κ2) is 7.91. The van der Waals surface area contributed by atoms with E-state index in [4.69, 9.17) is 0 Å². The number of nitrogens with one attached hydrogen (secondary N) is 2. The monoisotopic (exact) mass is 343 g/mol. The summed E-state index contributed by atoms with van der Waals surface area (Å²) in [5.41, 5.74) is 1.06. The zero-order valence-corrected chi connectivity index (χ0v) is 13.4. The van der Waals surface area contributed by atoms with E-state index in [-0.39, 0.29) is 23.8 Å². The van der Waals surface area contributed by atoms with E-state index >= 15 is 0 Å². The van der Waals surface area contributed by atoms with Gasteiger partial charge in [0, 0.05) is 31.2 Å². The van der Waals surface area contributed by atoms with Crippen molar-refractivity contribution in [2.45, 2.75) is 19.4 Å². The molecular formula is C17H17N3O5. The Labute approximate surface area is 143 Å². The first kappa shape index (κ1) is 17.9. The molecule has 2 rings (SSSR count). The zero-order valence-electron chi connectivity index (χ0n) is 13.4. The number of carbonyl (C=O) groups is 2. The molecule has 0 aromatic heterocycles. The van der Waals surface area contributed by atoms with Crippen LogP contribution in [-0.4, -0.2) is 27.9 Å². The molecule has 8 heteroatoms. The first-order chi connectivity index (χ1) is 11.8. The van der Waals surface area contributed by atoms with Crippen molar-refractivity contribution >= 4 is 23.2 Å². The Hall–Kier alpha value is -3.42. The number of phenolic OH excluding ortho intramolecular Hbond substituents is 1. The minimum Gasteiger partial charge on any atom is -0.508 e. The lowest BCUT2D eigenvalue weighted by molar-refractivity contribution is -0.384. The predicted molar refractivity (Wildman–Crippen MR) is 91.1 cm³/mol. The smallest absolute Gasteiger partial charge is 0.269 e. The van der Waals surface area contributed by atoms with Gasteiger partial charge in [0.2, 0.25) is 11.8 Å². The van der Waals surface area contributed by atoms with E-state index in [9.17, 15) is 24.8 Å². The highest BCUT2D eigenvalue weighted by molar-refractivity contribution is 5.97. The maximum Gasteiger partial charge on any atom is 0.269 e. The third-order valence-corrected chi connectivity index (χ3v) is 3.42. The summed E-state index contributed by atoms with van der Waals surface area (Å²) in [7, 11) is 0. The second-order valence-electron chi connectivity index (χ2n) is 5.42. The second-order valence-corrected chi connectivity index (χ2v) is 5.42. The highest BCUT2D eigenvalue weighted by Gasteiger charge is 2.20. The molecule has 2 aromatic rings. The van der Waals surface area contributed by atoms with Crippen LogP contribution in [0.25, 0.3) is 0 Å². The summed E-state index contributed by atoms with van der Waals surface area (Å²) in [5.74, 6) is -0.699. The van der Waals surface area contributed by atoms with Gasteiger partial charge in [-0.1, -0.05) is 12.1 Å². The molecule has 1 atom stereocenters. The lowest BCUT2D eigenvalue weighted by Crippen LogP contribution is -2.44. The number of amides is 2. The number of nitrogens with zero attached hydrogens (tertiary/aromatic N) is 1. The largest absolute Gasteiger partial charge is 0.508 e. The van der Waals surface area contributed by atoms with Crippen LogP contribution in [-0.2, 0) is 16.0 Å². The van der Waals surface area contributed by atoms with E-state index in [1.54, 1.807) is 12.1 Å². The minimum absolute atomic E-state index is 0.0829. The standard InChI is InChI=1S/C17H17N3O5/c1-11(21)18-16(10-12-2-8-15(22)9-3-12)17(23)19-13-4-6-14(7-5-13)20(24)25/h2-9,16,22H,10H2,1H3,(H,18,21)(H,19,23)/t16-/m1/s1. The molecule has 3 N–H and O–H groups in total. The third-order valence-electron chi connectivity index (χ3n) is 3.42. The average molecular weight is 343 g/mol. The van der Waals surface area contributed by atoms with Gasteiger partial charge in [-0.05, 0) is 29.8 Å². The molecule has 0 saturated carbocycles. The number of non-ortho nitro benzene ring substituents is 1. The number of anilines is 1. The molecule has 0 bridgehead atoms. The van der Waals surface area contributed by atoms with Gasteiger partial charge in [-0.25, -0.2) is 0 Å². The first-order valence-corrected chi connectivity index (χ1v) is 7.45. The number of nitro groups is 1. The lowest BCUT2D eigenvalue weighted by atomic mass is 10.0. The molecule has 0 unspecified atom stereocenters. The molecule has 0 aliphatic heterocycles. The molecule has 0 radical (unpaired) electrons. The van der Waals surface area contributed by atoms with Crippen molar-refractivity contribution in [2.75, 3.05) is 5.32 Å². The van der Waals surface area contributed by atoms with Crippen LogP contribution in [0, 0.1) is 10.1 Å². The molecule has 0 aliphatic rings. The number of benzene rings is 2. The van der Waals surface area contributed by atoms with Crippen LogP contribution in [0.15, 0.2) is 48.5 Å². The van der Waals surface area contributed by atoms with Gasteiger partial charge < -0.3 is 15.7 Å². The molecule has 0 heterocycles. The lowest BCUT2D eigenvalue weighted by Gasteiger charge is -2.18. The van der Waals surface area contributed by atoms with Crippen LogP contribution in [0.2, 0.25) is 0 Å². The van der Waals surface area contributed by atoms with E-state index in [0.717, 1.165) is 5.56 Å². The van der Waals surface area contributed by atoms with Crippen molar-refractivity contribution in [3.63, 3.8) is 0 Å². The van der Waals surface area contributed by atoms with Crippen LogP contribution in [0.4, 0.5) is 11.4 Å². The first-order valence-electron chi connectivity index (χ1n) is 7.45. The number of hydrogen-bond donors (Lipinski definition) is 3. The number of carbonyl (C=O) groups excluding carboxylic acids is 2. The highest BCUT2D eigenvalue weighted by Crippen LogP contribution is 2.16. The van der Waals surface area contributed by atoms with Crippen LogP contribution in [0.5, 0.6) is 5.75 Å². The van der Waals surface area contributed by atoms with Crippen molar-refractivity contribution in [2.24, 2.45) is 0 Å². The molecule has 130 valence electrons. The van der Waals surface area contributed by atoms with Crippen molar-refractivity contribution in [3.8, 4) is 5.75 Å². The molecule has 2 amide bonds. The summed E-state index contributed by atoms with van der Waals surface area (Å²) in [4.78, 5) is 33.9. The van der Waals surface area contributed by atoms with E-state index in [2.05, 4.69) is 10.6 Å². The van der Waals surface area contributed by atoms with Crippen LogP contribution < -0.4 is 10.6 Å². The fourth-order valence-electron chi connectivity index (χ4n) is 2.22. The fourth-order valence-corrected chi connectivity index (χ4v) is 2.22. The predicted octanol–water partition coefficient (Wildman–Crippen LogP) is 1.99.